The van der Waals surface area contributed by atoms with Crippen LogP contribution in [-0.2, 0) is 6.54 Å². The fourth-order valence-electron chi connectivity index (χ4n) is 4.73. The molecule has 0 spiro atoms. The highest BCUT2D eigenvalue weighted by Crippen LogP contribution is 2.41. The van der Waals surface area contributed by atoms with Gasteiger partial charge in [-0.2, -0.15) is 0 Å². The molecule has 0 unspecified atom stereocenters. The molecule has 0 aliphatic rings. The maximum absolute atomic E-state index is 11.1. The van der Waals surface area contributed by atoms with Gasteiger partial charge in [0, 0.05) is 28.7 Å². The summed E-state index contributed by atoms with van der Waals surface area (Å²) in [7, 11) is 0. The summed E-state index contributed by atoms with van der Waals surface area (Å²) >= 11 is 0. The van der Waals surface area contributed by atoms with E-state index in [1.165, 1.54) is 27.6 Å². The number of nitrogens with zero attached hydrogens (tertiary/aromatic N) is 1. The number of fused-ring (bicyclic) bond motifs is 1. The van der Waals surface area contributed by atoms with E-state index in [2.05, 4.69) is 109 Å². The van der Waals surface area contributed by atoms with Gasteiger partial charge in [0.05, 0.1) is 18.3 Å². The number of hydrogen-bond donors (Lipinski definition) is 2. The fourth-order valence-corrected chi connectivity index (χ4v) is 4.73. The molecule has 0 bridgehead atoms. The monoisotopic (exact) mass is 446 g/mol. The molecule has 3 heteroatoms. The minimum absolute atomic E-state index is 0.477. The Morgan fingerprint density at radius 1 is 0.765 bits per heavy atom. The van der Waals surface area contributed by atoms with Gasteiger partial charge in [-0.05, 0) is 48.7 Å². The van der Waals surface area contributed by atoms with Crippen molar-refractivity contribution in [3.63, 3.8) is 0 Å². The second-order valence-corrected chi connectivity index (χ2v) is 8.94. The first-order valence-corrected chi connectivity index (χ1v) is 11.8. The average Bonchev–Trinajstić information content (AvgIpc) is 3.17. The molecule has 0 radical (unpaired) electrons. The highest BCUT2D eigenvalue weighted by atomic mass is 16.3. The number of aromatic nitrogens is 1. The zero-order valence-electron chi connectivity index (χ0n) is 19.7. The van der Waals surface area contributed by atoms with Crippen molar-refractivity contribution in [2.24, 2.45) is 0 Å². The normalized spacial score (nSPS) is 12.1. The molecule has 0 fully saturated rings. The number of aliphatic hydroxyl groups is 1. The van der Waals surface area contributed by atoms with E-state index >= 15 is 0 Å². The van der Waals surface area contributed by atoms with Crippen LogP contribution in [0, 0.1) is 13.8 Å². The van der Waals surface area contributed by atoms with Crippen LogP contribution in [0.1, 0.15) is 11.1 Å². The van der Waals surface area contributed by atoms with Crippen LogP contribution in [-0.4, -0.2) is 22.3 Å². The summed E-state index contributed by atoms with van der Waals surface area (Å²) in [6, 6.07) is 35.9. The first-order valence-electron chi connectivity index (χ1n) is 11.8. The quantitative estimate of drug-likeness (QED) is 0.281. The molecule has 0 amide bonds. The van der Waals surface area contributed by atoms with Crippen LogP contribution in [0.5, 0.6) is 0 Å². The van der Waals surface area contributed by atoms with Crippen LogP contribution in [0.25, 0.3) is 33.3 Å². The molecule has 5 rings (SSSR count). The lowest BCUT2D eigenvalue weighted by atomic mass is 9.98. The molecular weight excluding hydrogens is 416 g/mol. The molecule has 0 saturated heterocycles. The number of rotatable bonds is 7. The van der Waals surface area contributed by atoms with E-state index < -0.39 is 6.10 Å². The molecule has 34 heavy (non-hydrogen) atoms. The highest BCUT2D eigenvalue weighted by Gasteiger charge is 2.21. The Morgan fingerprint density at radius 3 is 2.12 bits per heavy atom. The summed E-state index contributed by atoms with van der Waals surface area (Å²) < 4.78 is 2.29. The molecule has 3 nitrogen and oxygen atoms in total. The second kappa shape index (κ2) is 9.58. The van der Waals surface area contributed by atoms with Crippen molar-refractivity contribution >= 4 is 16.6 Å². The Labute approximate surface area is 201 Å². The maximum Gasteiger partial charge on any atom is 0.0891 e. The van der Waals surface area contributed by atoms with Crippen molar-refractivity contribution in [3.8, 4) is 22.4 Å². The van der Waals surface area contributed by atoms with E-state index in [9.17, 15) is 5.11 Å². The topological polar surface area (TPSA) is 37.2 Å². The first-order chi connectivity index (χ1) is 16.6. The predicted octanol–water partition coefficient (Wildman–Crippen LogP) is 7.07. The number of aliphatic hydroxyl groups excluding tert-OH is 1. The summed E-state index contributed by atoms with van der Waals surface area (Å²) in [5, 5.41) is 15.8. The number of aryl methyl sites for hydroxylation is 2. The second-order valence-electron chi connectivity index (χ2n) is 8.94. The number of para-hydroxylation sites is 1. The zero-order chi connectivity index (χ0) is 23.5. The van der Waals surface area contributed by atoms with Crippen LogP contribution in [0.2, 0.25) is 0 Å². The lowest BCUT2D eigenvalue weighted by Gasteiger charge is -2.18. The van der Waals surface area contributed by atoms with Crippen LogP contribution < -0.4 is 5.32 Å². The third-order valence-corrected chi connectivity index (χ3v) is 6.40. The summed E-state index contributed by atoms with van der Waals surface area (Å²) in [6.45, 7) is 5.19. The lowest BCUT2D eigenvalue weighted by Crippen LogP contribution is -2.25. The number of hydrogen-bond acceptors (Lipinski definition) is 2. The Kier molecular flexibility index (Phi) is 6.20. The van der Waals surface area contributed by atoms with Gasteiger partial charge in [0.25, 0.3) is 0 Å². The molecule has 2 N–H and O–H groups in total. The van der Waals surface area contributed by atoms with Gasteiger partial charge in [-0.15, -0.1) is 0 Å². The SMILES string of the molecule is Cc1ccc2c(c1)c(-c1ccccc1)c(-c1ccccc1)n2C[C@H](O)CNc1ccccc1C. The molecule has 4 aromatic carbocycles. The van der Waals surface area contributed by atoms with Crippen molar-refractivity contribution in [1.29, 1.82) is 0 Å². The van der Waals surface area contributed by atoms with Gasteiger partial charge in [0.2, 0.25) is 0 Å². The van der Waals surface area contributed by atoms with Gasteiger partial charge >= 0.3 is 0 Å². The third-order valence-electron chi connectivity index (χ3n) is 6.40. The number of benzene rings is 4. The molecule has 0 aliphatic carbocycles. The first kappa shape index (κ1) is 22.0. The molecule has 1 heterocycles. The summed E-state index contributed by atoms with van der Waals surface area (Å²) in [4.78, 5) is 0. The molecule has 0 saturated carbocycles. The number of nitrogens with one attached hydrogen (secondary N) is 1. The Morgan fingerprint density at radius 2 is 1.41 bits per heavy atom. The maximum atomic E-state index is 11.1. The van der Waals surface area contributed by atoms with Gasteiger partial charge in [-0.25, -0.2) is 0 Å². The van der Waals surface area contributed by atoms with Crippen molar-refractivity contribution in [2.45, 2.75) is 26.5 Å². The van der Waals surface area contributed by atoms with Gasteiger partial charge in [-0.1, -0.05) is 90.5 Å². The summed E-state index contributed by atoms with van der Waals surface area (Å²) in [5.74, 6) is 0. The zero-order valence-corrected chi connectivity index (χ0v) is 19.7. The van der Waals surface area contributed by atoms with E-state index in [4.69, 9.17) is 0 Å². The molecule has 0 aliphatic heterocycles. The Bertz CT molecular complexity index is 1400. The Balaban J connectivity index is 1.61. The van der Waals surface area contributed by atoms with E-state index in [-0.39, 0.29) is 0 Å². The standard InChI is InChI=1S/C31H30N2O/c1-22-17-18-29-27(19-22)30(24-12-5-3-6-13-24)31(25-14-7-4-8-15-25)33(29)21-26(34)20-32-28-16-10-9-11-23(28)2/h3-19,26,32,34H,20-21H2,1-2H3/t26-/m1/s1. The third kappa shape index (κ3) is 4.35. The van der Waals surface area contributed by atoms with Crippen LogP contribution in [0.4, 0.5) is 5.69 Å². The van der Waals surface area contributed by atoms with Crippen LogP contribution in [0.3, 0.4) is 0 Å². The molecule has 170 valence electrons. The minimum Gasteiger partial charge on any atom is -0.389 e. The van der Waals surface area contributed by atoms with E-state index in [1.807, 2.05) is 18.2 Å². The van der Waals surface area contributed by atoms with Crippen LogP contribution in [0.15, 0.2) is 103 Å². The van der Waals surface area contributed by atoms with Gasteiger partial charge in [-0.3, -0.25) is 0 Å². The molecule has 1 aromatic heterocycles. The smallest absolute Gasteiger partial charge is 0.0891 e. The fraction of sp³-hybridized carbons (Fsp3) is 0.161. The number of anilines is 1. The molecular formula is C31H30N2O. The van der Waals surface area contributed by atoms with Gasteiger partial charge in [0.1, 0.15) is 0 Å². The van der Waals surface area contributed by atoms with E-state index in [0.717, 1.165) is 22.5 Å². The lowest BCUT2D eigenvalue weighted by molar-refractivity contribution is 0.169. The van der Waals surface area contributed by atoms with Crippen molar-refractivity contribution < 1.29 is 5.11 Å². The van der Waals surface area contributed by atoms with Gasteiger partial charge < -0.3 is 15.0 Å². The van der Waals surface area contributed by atoms with E-state index in [1.54, 1.807) is 0 Å². The predicted molar refractivity (Wildman–Crippen MR) is 143 cm³/mol. The van der Waals surface area contributed by atoms with Crippen molar-refractivity contribution in [2.75, 3.05) is 11.9 Å². The van der Waals surface area contributed by atoms with Crippen molar-refractivity contribution in [1.82, 2.24) is 4.57 Å². The summed E-state index contributed by atoms with van der Waals surface area (Å²) in [5.41, 5.74) is 9.28. The largest absolute Gasteiger partial charge is 0.389 e. The summed E-state index contributed by atoms with van der Waals surface area (Å²) in [6.07, 6.45) is -0.553. The van der Waals surface area contributed by atoms with Crippen molar-refractivity contribution in [3.05, 3.63) is 114 Å². The Hall–Kier alpha value is -3.82. The molecule has 5 aromatic rings. The average molecular weight is 447 g/mol. The van der Waals surface area contributed by atoms with Gasteiger partial charge in [0.15, 0.2) is 0 Å². The van der Waals surface area contributed by atoms with E-state index in [0.29, 0.717) is 13.1 Å². The van der Waals surface area contributed by atoms with Crippen LogP contribution >= 0.6 is 0 Å². The minimum atomic E-state index is -0.553. The molecule has 1 atom stereocenters. The highest BCUT2D eigenvalue weighted by molar-refractivity contribution is 6.04.